The quantitative estimate of drug-likeness (QED) is 0.0777. The molecule has 2 aliphatic rings. The molecular weight excluding hydrogens is 733 g/mol. The Hall–Kier alpha value is -3.74. The SMILES string of the molecule is COc1c(O)ccc2c1-c1ccc3ccc(O)cc3c1CSSCCCC[C@H](O[C@H](NC1CCCCC1)c1ccc(NCC(C)=O)c(CO)c1)CC(=O)CC2. The van der Waals surface area contributed by atoms with E-state index in [-0.39, 0.29) is 54.8 Å². The van der Waals surface area contributed by atoms with Gasteiger partial charge in [-0.15, -0.1) is 0 Å². The highest BCUT2D eigenvalue weighted by Crippen LogP contribution is 2.46. The van der Waals surface area contributed by atoms with Crippen LogP contribution in [0.5, 0.6) is 17.2 Å². The van der Waals surface area contributed by atoms with Gasteiger partial charge in [0.2, 0.25) is 0 Å². The van der Waals surface area contributed by atoms with Crippen molar-refractivity contribution in [3.63, 3.8) is 0 Å². The molecule has 0 amide bonds. The fraction of sp³-hybridized carbons (Fsp3) is 0.455. The van der Waals surface area contributed by atoms with Crippen molar-refractivity contribution in [1.29, 1.82) is 0 Å². The summed E-state index contributed by atoms with van der Waals surface area (Å²) in [4.78, 5) is 25.6. The second-order valence-corrected chi connectivity index (χ2v) is 17.3. The molecule has 4 aromatic rings. The first-order valence-electron chi connectivity index (χ1n) is 19.5. The van der Waals surface area contributed by atoms with Gasteiger partial charge in [0.1, 0.15) is 23.5 Å². The molecule has 5 N–H and O–H groups in total. The molecule has 0 aromatic heterocycles. The Morgan fingerprint density at radius 2 is 1.73 bits per heavy atom. The van der Waals surface area contributed by atoms with Gasteiger partial charge in [-0.05, 0) is 102 Å². The van der Waals surface area contributed by atoms with Gasteiger partial charge in [-0.2, -0.15) is 0 Å². The number of fused-ring (bicyclic) bond motifs is 5. The van der Waals surface area contributed by atoms with Crippen LogP contribution >= 0.6 is 21.6 Å². The van der Waals surface area contributed by atoms with Crippen LogP contribution in [0.2, 0.25) is 0 Å². The van der Waals surface area contributed by atoms with E-state index < -0.39 is 6.23 Å². The number of benzene rings is 4. The number of carbonyl (C=O) groups is 2. The summed E-state index contributed by atoms with van der Waals surface area (Å²) in [7, 11) is 5.14. The normalized spacial score (nSPS) is 18.3. The van der Waals surface area contributed by atoms with Crippen molar-refractivity contribution < 1.29 is 34.4 Å². The maximum atomic E-state index is 14.0. The number of aliphatic hydroxyl groups is 1. The van der Waals surface area contributed by atoms with Gasteiger partial charge in [-0.1, -0.05) is 77.6 Å². The lowest BCUT2D eigenvalue weighted by molar-refractivity contribution is -0.124. The number of ketones is 2. The van der Waals surface area contributed by atoms with Crippen molar-refractivity contribution in [2.24, 2.45) is 0 Å². The molecule has 0 unspecified atom stereocenters. The second-order valence-electron chi connectivity index (χ2n) is 14.7. The summed E-state index contributed by atoms with van der Waals surface area (Å²) >= 11 is 0. The smallest absolute Gasteiger partial charge is 0.168 e. The van der Waals surface area contributed by atoms with Crippen molar-refractivity contribution in [2.75, 3.05) is 24.7 Å². The van der Waals surface area contributed by atoms with Crippen LogP contribution in [0.1, 0.15) is 99.6 Å². The van der Waals surface area contributed by atoms with E-state index in [1.165, 1.54) is 13.3 Å². The predicted octanol–water partition coefficient (Wildman–Crippen LogP) is 9.38. The van der Waals surface area contributed by atoms with E-state index >= 15 is 0 Å². The number of aryl methyl sites for hydroxylation is 1. The Balaban J connectivity index is 1.29. The topological polar surface area (TPSA) is 137 Å². The van der Waals surface area contributed by atoms with Crippen LogP contribution in [-0.2, 0) is 33.1 Å². The van der Waals surface area contributed by atoms with Gasteiger partial charge in [-0.3, -0.25) is 14.9 Å². The minimum Gasteiger partial charge on any atom is -0.508 e. The zero-order valence-corrected chi connectivity index (χ0v) is 33.5. The zero-order chi connectivity index (χ0) is 38.7. The highest BCUT2D eigenvalue weighted by Gasteiger charge is 2.27. The highest BCUT2D eigenvalue weighted by atomic mass is 33.1. The summed E-state index contributed by atoms with van der Waals surface area (Å²) in [6.07, 6.45) is 8.48. The molecule has 11 heteroatoms. The van der Waals surface area contributed by atoms with Crippen molar-refractivity contribution >= 4 is 49.6 Å². The molecule has 1 fully saturated rings. The van der Waals surface area contributed by atoms with E-state index in [4.69, 9.17) is 9.47 Å². The van der Waals surface area contributed by atoms with Crippen LogP contribution in [0, 0.1) is 0 Å². The zero-order valence-electron chi connectivity index (χ0n) is 31.9. The standard InChI is InChI=1S/C44H54N2O7S2/c1-28(48)25-45-40-19-14-31(22-32(40)26-47)44(46-33-8-4-3-5-9-33)53-36-10-6-7-21-54-55-27-39-37(18-13-29-11-16-35(50)24-38(29)39)42-30(12-17-34(49)23-36)15-20-41(51)43(42)52-2/h11,13-16,18-20,22,24,33,36,44-47,50-51H,3-10,12,17,21,23,25-27H2,1-2H3/t36-,44-/m0/s1. The Labute approximate surface area is 332 Å². The summed E-state index contributed by atoms with van der Waals surface area (Å²) in [6.45, 7) is 1.52. The van der Waals surface area contributed by atoms with Crippen molar-refractivity contribution in [3.8, 4) is 28.4 Å². The molecular formula is C44H54N2O7S2. The molecule has 1 heterocycles. The first-order valence-corrected chi connectivity index (χ1v) is 22.0. The van der Waals surface area contributed by atoms with E-state index in [1.807, 2.05) is 47.2 Å². The number of phenols is 2. The van der Waals surface area contributed by atoms with Gasteiger partial charge < -0.3 is 30.1 Å². The number of anilines is 1. The number of aromatic hydroxyl groups is 2. The third kappa shape index (κ3) is 10.8. The Morgan fingerprint density at radius 3 is 2.51 bits per heavy atom. The van der Waals surface area contributed by atoms with Crippen molar-refractivity contribution in [2.45, 2.75) is 108 Å². The van der Waals surface area contributed by atoms with Crippen LogP contribution in [0.3, 0.4) is 0 Å². The molecule has 0 bridgehead atoms. The summed E-state index contributed by atoms with van der Waals surface area (Å²) in [5, 5.41) is 40.6. The molecule has 1 saturated carbocycles. The van der Waals surface area contributed by atoms with Gasteiger partial charge >= 0.3 is 0 Å². The minimum absolute atomic E-state index is 0.00941. The Bertz CT molecular complexity index is 1950. The molecule has 4 aromatic carbocycles. The molecule has 0 spiro atoms. The molecule has 1 aliphatic heterocycles. The summed E-state index contributed by atoms with van der Waals surface area (Å²) in [5.74, 6) is 2.30. The number of hydrogen-bond donors (Lipinski definition) is 5. The van der Waals surface area contributed by atoms with Gasteiger partial charge in [0.05, 0.1) is 26.4 Å². The third-order valence-corrected chi connectivity index (χ3v) is 13.1. The van der Waals surface area contributed by atoms with Crippen molar-refractivity contribution in [3.05, 3.63) is 82.9 Å². The number of rotatable bonds is 10. The number of hydrogen-bond acceptors (Lipinski definition) is 11. The maximum Gasteiger partial charge on any atom is 0.168 e. The van der Waals surface area contributed by atoms with E-state index in [0.29, 0.717) is 35.6 Å². The third-order valence-electron chi connectivity index (χ3n) is 10.7. The van der Waals surface area contributed by atoms with Crippen LogP contribution in [-0.4, -0.2) is 58.4 Å². The van der Waals surface area contributed by atoms with E-state index in [0.717, 1.165) is 89.3 Å². The second kappa shape index (κ2) is 19.9. The van der Waals surface area contributed by atoms with Gasteiger partial charge in [0, 0.05) is 47.2 Å². The number of nitrogens with one attached hydrogen (secondary N) is 2. The molecule has 55 heavy (non-hydrogen) atoms. The monoisotopic (exact) mass is 786 g/mol. The average Bonchev–Trinajstić information content (AvgIpc) is 3.18. The number of carbonyl (C=O) groups excluding carboxylic acids is 2. The predicted molar refractivity (Wildman–Crippen MR) is 224 cm³/mol. The number of Topliss-reactive ketones (excluding diaryl/α,β-unsaturated/α-hetero) is 2. The van der Waals surface area contributed by atoms with Gasteiger partial charge in [0.25, 0.3) is 0 Å². The van der Waals surface area contributed by atoms with E-state index in [1.54, 1.807) is 36.1 Å². The molecule has 0 saturated heterocycles. The van der Waals surface area contributed by atoms with E-state index in [2.05, 4.69) is 16.7 Å². The molecule has 0 radical (unpaired) electrons. The molecule has 2 atom stereocenters. The lowest BCUT2D eigenvalue weighted by atomic mass is 9.89. The van der Waals surface area contributed by atoms with E-state index in [9.17, 15) is 24.9 Å². The fourth-order valence-corrected chi connectivity index (χ4v) is 10.1. The number of methoxy groups -OCH3 is 1. The summed E-state index contributed by atoms with van der Waals surface area (Å²) in [5.41, 5.74) is 5.91. The lowest BCUT2D eigenvalue weighted by Gasteiger charge is -2.32. The van der Waals surface area contributed by atoms with Gasteiger partial charge in [-0.25, -0.2) is 0 Å². The summed E-state index contributed by atoms with van der Waals surface area (Å²) < 4.78 is 12.8. The van der Waals surface area contributed by atoms with Gasteiger partial charge in [0.15, 0.2) is 11.5 Å². The molecule has 6 rings (SSSR count). The molecule has 1 aliphatic carbocycles. The highest BCUT2D eigenvalue weighted by molar-refractivity contribution is 8.76. The van der Waals surface area contributed by atoms with Crippen LogP contribution in [0.4, 0.5) is 5.69 Å². The maximum absolute atomic E-state index is 14.0. The van der Waals surface area contributed by atoms with Crippen LogP contribution in [0.25, 0.3) is 21.9 Å². The number of phenolic OH excluding ortho intramolecular Hbond substituents is 2. The minimum atomic E-state index is -0.470. The summed E-state index contributed by atoms with van der Waals surface area (Å²) in [6, 6.07) is 19.1. The van der Waals surface area contributed by atoms with Crippen molar-refractivity contribution in [1.82, 2.24) is 5.32 Å². The Morgan fingerprint density at radius 1 is 0.927 bits per heavy atom. The first kappa shape index (κ1) is 40.9. The largest absolute Gasteiger partial charge is 0.508 e. The first-order chi connectivity index (χ1) is 26.7. The molecule has 9 nitrogen and oxygen atoms in total. The van der Waals surface area contributed by atoms with Crippen LogP contribution < -0.4 is 15.4 Å². The Kier molecular flexibility index (Phi) is 14.8. The number of ether oxygens (including phenoxy) is 2. The molecule has 294 valence electrons. The lowest BCUT2D eigenvalue weighted by Crippen LogP contribution is -2.38. The average molecular weight is 787 g/mol. The number of aliphatic hydroxyl groups excluding tert-OH is 1. The van der Waals surface area contributed by atoms with Crippen LogP contribution in [0.15, 0.2) is 60.7 Å². The fourth-order valence-electron chi connectivity index (χ4n) is 7.81.